The molecule has 1 fully saturated rings. The molecule has 138 valence electrons. The average Bonchev–Trinajstić information content (AvgIpc) is 3.23. The number of carbonyl (C=O) groups excluding carboxylic acids is 1. The summed E-state index contributed by atoms with van der Waals surface area (Å²) in [7, 11) is 1.68. The highest BCUT2D eigenvalue weighted by molar-refractivity contribution is 5.94. The molecule has 4 heteroatoms. The van der Waals surface area contributed by atoms with Gasteiger partial charge in [0.2, 0.25) is 0 Å². The maximum absolute atomic E-state index is 12.5. The Morgan fingerprint density at radius 1 is 1.08 bits per heavy atom. The summed E-state index contributed by atoms with van der Waals surface area (Å²) in [5.74, 6) is 0.847. The molecule has 0 aliphatic carbocycles. The molecule has 0 bridgehead atoms. The van der Waals surface area contributed by atoms with E-state index in [9.17, 15) is 4.79 Å². The number of amides is 1. The molecule has 1 N–H and O–H groups in total. The van der Waals surface area contributed by atoms with Crippen molar-refractivity contribution in [2.45, 2.75) is 32.2 Å². The molecule has 1 heterocycles. The molecular weight excluding hydrogens is 324 g/mol. The topological polar surface area (TPSA) is 41.6 Å². The number of benzene rings is 2. The Labute approximate surface area is 156 Å². The number of methoxy groups -OCH3 is 1. The van der Waals surface area contributed by atoms with Crippen LogP contribution in [0, 0.1) is 0 Å². The van der Waals surface area contributed by atoms with Gasteiger partial charge in [-0.15, -0.1) is 0 Å². The maximum Gasteiger partial charge on any atom is 0.251 e. The molecule has 1 atom stereocenters. The molecule has 0 saturated carbocycles. The van der Waals surface area contributed by atoms with E-state index in [1.807, 2.05) is 36.4 Å². The SMILES string of the molecule is CCc1ccc(C(=O)NCC(c2ccc(OC)cc2)N2CCCC2)cc1. The Balaban J connectivity index is 1.69. The number of hydrogen-bond donors (Lipinski definition) is 1. The summed E-state index contributed by atoms with van der Waals surface area (Å²) in [6.45, 7) is 4.89. The van der Waals surface area contributed by atoms with Crippen molar-refractivity contribution in [1.82, 2.24) is 10.2 Å². The van der Waals surface area contributed by atoms with Gasteiger partial charge in [0.25, 0.3) is 5.91 Å². The summed E-state index contributed by atoms with van der Waals surface area (Å²) in [6, 6.07) is 16.2. The van der Waals surface area contributed by atoms with Crippen LogP contribution in [-0.4, -0.2) is 37.6 Å². The number of likely N-dealkylation sites (tertiary alicyclic amines) is 1. The fourth-order valence-corrected chi connectivity index (χ4v) is 3.52. The number of rotatable bonds is 7. The predicted octanol–water partition coefficient (Wildman–Crippen LogP) is 3.82. The van der Waals surface area contributed by atoms with Crippen LogP contribution in [0.2, 0.25) is 0 Å². The molecular formula is C22H28N2O2. The summed E-state index contributed by atoms with van der Waals surface area (Å²) < 4.78 is 5.27. The molecule has 0 aromatic heterocycles. The van der Waals surface area contributed by atoms with E-state index in [2.05, 4.69) is 29.3 Å². The van der Waals surface area contributed by atoms with Crippen molar-refractivity contribution in [3.63, 3.8) is 0 Å². The van der Waals surface area contributed by atoms with Gasteiger partial charge in [0.15, 0.2) is 0 Å². The molecule has 2 aromatic rings. The van der Waals surface area contributed by atoms with Gasteiger partial charge in [0, 0.05) is 12.1 Å². The quantitative estimate of drug-likeness (QED) is 0.823. The molecule has 1 aliphatic heterocycles. The lowest BCUT2D eigenvalue weighted by Crippen LogP contribution is -2.36. The van der Waals surface area contributed by atoms with Gasteiger partial charge in [0.1, 0.15) is 5.75 Å². The van der Waals surface area contributed by atoms with Crippen LogP contribution in [0.15, 0.2) is 48.5 Å². The summed E-state index contributed by atoms with van der Waals surface area (Å²) in [4.78, 5) is 15.0. The first kappa shape index (κ1) is 18.5. The van der Waals surface area contributed by atoms with Gasteiger partial charge in [-0.2, -0.15) is 0 Å². The minimum Gasteiger partial charge on any atom is -0.497 e. The van der Waals surface area contributed by atoms with E-state index in [-0.39, 0.29) is 11.9 Å². The molecule has 1 unspecified atom stereocenters. The second kappa shape index (κ2) is 8.86. The largest absolute Gasteiger partial charge is 0.497 e. The first-order chi connectivity index (χ1) is 12.7. The highest BCUT2D eigenvalue weighted by Crippen LogP contribution is 2.26. The third kappa shape index (κ3) is 4.44. The molecule has 2 aromatic carbocycles. The molecule has 1 aliphatic rings. The highest BCUT2D eigenvalue weighted by Gasteiger charge is 2.24. The minimum absolute atomic E-state index is 0.00892. The first-order valence-electron chi connectivity index (χ1n) is 9.46. The van der Waals surface area contributed by atoms with Crippen LogP contribution in [0.3, 0.4) is 0 Å². The zero-order valence-corrected chi connectivity index (χ0v) is 15.7. The summed E-state index contributed by atoms with van der Waals surface area (Å²) in [6.07, 6.45) is 3.43. The van der Waals surface area contributed by atoms with E-state index in [0.717, 1.165) is 30.8 Å². The Morgan fingerprint density at radius 3 is 2.31 bits per heavy atom. The monoisotopic (exact) mass is 352 g/mol. The van der Waals surface area contributed by atoms with Crippen LogP contribution in [0.5, 0.6) is 5.75 Å². The lowest BCUT2D eigenvalue weighted by molar-refractivity contribution is 0.0938. The summed E-state index contributed by atoms with van der Waals surface area (Å²) in [5.41, 5.74) is 3.18. The summed E-state index contributed by atoms with van der Waals surface area (Å²) in [5, 5.41) is 3.13. The second-order valence-electron chi connectivity index (χ2n) is 6.79. The third-order valence-corrected chi connectivity index (χ3v) is 5.16. The molecule has 1 saturated heterocycles. The number of hydrogen-bond acceptors (Lipinski definition) is 3. The van der Waals surface area contributed by atoms with Crippen molar-refractivity contribution in [2.75, 3.05) is 26.7 Å². The van der Waals surface area contributed by atoms with Crippen molar-refractivity contribution >= 4 is 5.91 Å². The van der Waals surface area contributed by atoms with Gasteiger partial charge >= 0.3 is 0 Å². The molecule has 0 radical (unpaired) electrons. The van der Waals surface area contributed by atoms with E-state index >= 15 is 0 Å². The van der Waals surface area contributed by atoms with Crippen LogP contribution in [-0.2, 0) is 6.42 Å². The van der Waals surface area contributed by atoms with Crippen molar-refractivity contribution in [1.29, 1.82) is 0 Å². The number of aryl methyl sites for hydroxylation is 1. The highest BCUT2D eigenvalue weighted by atomic mass is 16.5. The Bertz CT molecular complexity index is 704. The van der Waals surface area contributed by atoms with Crippen molar-refractivity contribution in [3.8, 4) is 5.75 Å². The van der Waals surface area contributed by atoms with Gasteiger partial charge in [-0.1, -0.05) is 31.2 Å². The van der Waals surface area contributed by atoms with E-state index < -0.39 is 0 Å². The Morgan fingerprint density at radius 2 is 1.73 bits per heavy atom. The Hall–Kier alpha value is -2.33. The zero-order valence-electron chi connectivity index (χ0n) is 15.7. The van der Waals surface area contributed by atoms with Crippen LogP contribution < -0.4 is 10.1 Å². The van der Waals surface area contributed by atoms with E-state index in [1.54, 1.807) is 7.11 Å². The molecule has 4 nitrogen and oxygen atoms in total. The maximum atomic E-state index is 12.5. The number of carbonyl (C=O) groups is 1. The molecule has 0 spiro atoms. The smallest absolute Gasteiger partial charge is 0.251 e. The second-order valence-corrected chi connectivity index (χ2v) is 6.79. The van der Waals surface area contributed by atoms with Gasteiger partial charge in [-0.25, -0.2) is 0 Å². The summed E-state index contributed by atoms with van der Waals surface area (Å²) >= 11 is 0. The lowest BCUT2D eigenvalue weighted by atomic mass is 10.0. The van der Waals surface area contributed by atoms with Crippen molar-refractivity contribution < 1.29 is 9.53 Å². The van der Waals surface area contributed by atoms with Gasteiger partial charge in [-0.05, 0) is 67.7 Å². The average molecular weight is 352 g/mol. The first-order valence-corrected chi connectivity index (χ1v) is 9.46. The van der Waals surface area contributed by atoms with Gasteiger partial charge in [0.05, 0.1) is 13.2 Å². The van der Waals surface area contributed by atoms with Crippen LogP contribution >= 0.6 is 0 Å². The lowest BCUT2D eigenvalue weighted by Gasteiger charge is -2.28. The zero-order chi connectivity index (χ0) is 18.4. The Kier molecular flexibility index (Phi) is 6.29. The third-order valence-electron chi connectivity index (χ3n) is 5.16. The molecule has 1 amide bonds. The van der Waals surface area contributed by atoms with Crippen LogP contribution in [0.4, 0.5) is 0 Å². The van der Waals surface area contributed by atoms with E-state index in [4.69, 9.17) is 4.74 Å². The van der Waals surface area contributed by atoms with Crippen molar-refractivity contribution in [3.05, 3.63) is 65.2 Å². The number of nitrogens with zero attached hydrogens (tertiary/aromatic N) is 1. The fraction of sp³-hybridized carbons (Fsp3) is 0.409. The van der Waals surface area contributed by atoms with Crippen molar-refractivity contribution in [2.24, 2.45) is 0 Å². The minimum atomic E-state index is -0.00892. The molecule has 3 rings (SSSR count). The van der Waals surface area contributed by atoms with Gasteiger partial charge < -0.3 is 10.1 Å². The van der Waals surface area contributed by atoms with E-state index in [0.29, 0.717) is 6.54 Å². The molecule has 26 heavy (non-hydrogen) atoms. The number of ether oxygens (including phenoxy) is 1. The predicted molar refractivity (Wildman–Crippen MR) is 105 cm³/mol. The standard InChI is InChI=1S/C22H28N2O2/c1-3-17-6-8-19(9-7-17)22(25)23-16-21(24-14-4-5-15-24)18-10-12-20(26-2)13-11-18/h6-13,21H,3-5,14-16H2,1-2H3,(H,23,25). The normalized spacial score (nSPS) is 15.6. The van der Waals surface area contributed by atoms with Crippen LogP contribution in [0.1, 0.15) is 47.3 Å². The fourth-order valence-electron chi connectivity index (χ4n) is 3.52. The number of nitrogens with one attached hydrogen (secondary N) is 1. The van der Waals surface area contributed by atoms with E-state index in [1.165, 1.54) is 24.0 Å². The van der Waals surface area contributed by atoms with Crippen LogP contribution in [0.25, 0.3) is 0 Å². The van der Waals surface area contributed by atoms with Gasteiger partial charge in [-0.3, -0.25) is 9.69 Å².